The summed E-state index contributed by atoms with van der Waals surface area (Å²) in [5, 5.41) is 0. The van der Waals surface area contributed by atoms with Gasteiger partial charge in [-0.3, -0.25) is 9.59 Å². The highest BCUT2D eigenvalue weighted by Gasteiger charge is 2.17. The van der Waals surface area contributed by atoms with Gasteiger partial charge in [0.05, 0.1) is 6.61 Å². The zero-order chi connectivity index (χ0) is 44.9. The summed E-state index contributed by atoms with van der Waals surface area (Å²) in [7, 11) is 0. The highest BCUT2D eigenvalue weighted by atomic mass is 16.6. The maximum absolute atomic E-state index is 12.8. The average Bonchev–Trinajstić information content (AvgIpc) is 3.27. The molecule has 0 N–H and O–H groups in total. The van der Waals surface area contributed by atoms with E-state index in [1.807, 2.05) is 6.08 Å². The Bertz CT molecular complexity index is 1250. The van der Waals surface area contributed by atoms with Gasteiger partial charge in [-0.25, -0.2) is 0 Å². The molecule has 0 saturated heterocycles. The van der Waals surface area contributed by atoms with E-state index >= 15 is 0 Å². The fraction of sp³-hybridized carbons (Fsp3) is 0.649. The van der Waals surface area contributed by atoms with Crippen molar-refractivity contribution >= 4 is 11.9 Å². The lowest BCUT2D eigenvalue weighted by Crippen LogP contribution is -2.30. The Morgan fingerprint density at radius 3 is 1.31 bits per heavy atom. The maximum atomic E-state index is 12.8. The predicted octanol–water partition coefficient (Wildman–Crippen LogP) is 17.2. The van der Waals surface area contributed by atoms with E-state index in [0.29, 0.717) is 25.9 Å². The molecule has 0 radical (unpaired) electrons. The minimum Gasteiger partial charge on any atom is -0.462 e. The van der Waals surface area contributed by atoms with Gasteiger partial charge in [0, 0.05) is 19.4 Å². The van der Waals surface area contributed by atoms with Crippen LogP contribution in [-0.4, -0.2) is 37.9 Å². The van der Waals surface area contributed by atoms with E-state index in [9.17, 15) is 9.59 Å². The second kappa shape index (κ2) is 51.9. The van der Waals surface area contributed by atoms with Crippen molar-refractivity contribution in [3.8, 4) is 0 Å². The molecule has 5 heteroatoms. The Kier molecular flexibility index (Phi) is 49.0. The standard InChI is InChI=1S/C57H94O5/c1-4-7-10-13-16-19-22-25-27-28-29-30-31-33-35-38-41-44-47-50-56(58)61-54-55(53-60-52-49-46-43-40-37-34-26-23-20-17-14-11-8-5-2)62-57(59)51-48-45-42-39-36-32-24-21-18-15-12-9-6-3/h7,10-11,14,16,19-21,23-25,27,29-30,33,35,41,44,55H,4-6,8-9,12-13,15,17-18,22,26,28,31-32,34,36-40,42-43,45-54H2,1-3H3/b10-7-,14-11-,19-16-,23-20-,24-21-,27-25-,30-29-,35-33-,44-41-. The molecule has 1 unspecified atom stereocenters. The van der Waals surface area contributed by atoms with Crippen LogP contribution in [0.4, 0.5) is 0 Å². The normalized spacial score (nSPS) is 13.1. The smallest absolute Gasteiger partial charge is 0.306 e. The van der Waals surface area contributed by atoms with Crippen LogP contribution in [0.5, 0.6) is 0 Å². The fourth-order valence-corrected chi connectivity index (χ4v) is 6.51. The van der Waals surface area contributed by atoms with Gasteiger partial charge in [-0.1, -0.05) is 201 Å². The van der Waals surface area contributed by atoms with Gasteiger partial charge < -0.3 is 14.2 Å². The van der Waals surface area contributed by atoms with Crippen molar-refractivity contribution in [2.75, 3.05) is 19.8 Å². The van der Waals surface area contributed by atoms with Gasteiger partial charge in [0.2, 0.25) is 0 Å². The summed E-state index contributed by atoms with van der Waals surface area (Å²) in [6.07, 6.45) is 71.0. The van der Waals surface area contributed by atoms with Crippen LogP contribution in [0.1, 0.15) is 213 Å². The van der Waals surface area contributed by atoms with Crippen molar-refractivity contribution in [1.82, 2.24) is 0 Å². The van der Waals surface area contributed by atoms with Crippen LogP contribution < -0.4 is 0 Å². The van der Waals surface area contributed by atoms with E-state index in [1.165, 1.54) is 83.5 Å². The van der Waals surface area contributed by atoms with Gasteiger partial charge in [-0.05, 0) is 109 Å². The van der Waals surface area contributed by atoms with Gasteiger partial charge in [-0.15, -0.1) is 0 Å². The second-order valence-electron chi connectivity index (χ2n) is 16.3. The van der Waals surface area contributed by atoms with Crippen molar-refractivity contribution in [2.24, 2.45) is 0 Å². The van der Waals surface area contributed by atoms with Gasteiger partial charge >= 0.3 is 11.9 Å². The number of carbonyl (C=O) groups is 2. The monoisotopic (exact) mass is 859 g/mol. The van der Waals surface area contributed by atoms with E-state index < -0.39 is 6.10 Å². The summed E-state index contributed by atoms with van der Waals surface area (Å²) >= 11 is 0. The quantitative estimate of drug-likeness (QED) is 0.0347. The van der Waals surface area contributed by atoms with Crippen LogP contribution in [0.15, 0.2) is 109 Å². The Hall–Kier alpha value is -3.44. The SMILES string of the molecule is CC/C=C\C/C=C\C/C=C\C/C=C\C/C=C\C/C=C\CCC(=O)OCC(COCCCCCCCC/C=C\C/C=C\CCC)OC(=O)CCCCCCC/C=C\CCCCCC. The molecule has 352 valence electrons. The summed E-state index contributed by atoms with van der Waals surface area (Å²) in [4.78, 5) is 25.3. The molecule has 0 aliphatic heterocycles. The maximum Gasteiger partial charge on any atom is 0.306 e. The molecular formula is C57H94O5. The van der Waals surface area contributed by atoms with Crippen molar-refractivity contribution in [3.05, 3.63) is 109 Å². The predicted molar refractivity (Wildman–Crippen MR) is 269 cm³/mol. The molecule has 0 rings (SSSR count). The molecule has 5 nitrogen and oxygen atoms in total. The molecule has 0 bridgehead atoms. The molecular weight excluding hydrogens is 765 g/mol. The molecule has 0 heterocycles. The van der Waals surface area contributed by atoms with Crippen LogP contribution >= 0.6 is 0 Å². The van der Waals surface area contributed by atoms with Crippen LogP contribution in [0.25, 0.3) is 0 Å². The zero-order valence-corrected chi connectivity index (χ0v) is 40.3. The third-order valence-corrected chi connectivity index (χ3v) is 10.3. The number of allylic oxidation sites excluding steroid dienone is 18. The van der Waals surface area contributed by atoms with E-state index in [0.717, 1.165) is 89.9 Å². The molecule has 0 aliphatic carbocycles. The first-order valence-corrected chi connectivity index (χ1v) is 25.4. The van der Waals surface area contributed by atoms with Gasteiger partial charge in [-0.2, -0.15) is 0 Å². The summed E-state index contributed by atoms with van der Waals surface area (Å²) < 4.78 is 17.3. The summed E-state index contributed by atoms with van der Waals surface area (Å²) in [5.74, 6) is -0.516. The highest BCUT2D eigenvalue weighted by Crippen LogP contribution is 2.12. The first kappa shape index (κ1) is 58.6. The molecule has 0 amide bonds. The molecule has 0 aromatic rings. The number of hydrogen-bond acceptors (Lipinski definition) is 5. The fourth-order valence-electron chi connectivity index (χ4n) is 6.51. The highest BCUT2D eigenvalue weighted by molar-refractivity contribution is 5.70. The first-order chi connectivity index (χ1) is 30.6. The van der Waals surface area contributed by atoms with Crippen LogP contribution in [0.2, 0.25) is 0 Å². The number of esters is 2. The minimum atomic E-state index is -0.582. The van der Waals surface area contributed by atoms with Crippen LogP contribution in [0.3, 0.4) is 0 Å². The van der Waals surface area contributed by atoms with Crippen molar-refractivity contribution in [1.29, 1.82) is 0 Å². The van der Waals surface area contributed by atoms with Gasteiger partial charge in [0.25, 0.3) is 0 Å². The van der Waals surface area contributed by atoms with Crippen LogP contribution in [0, 0.1) is 0 Å². The number of hydrogen-bond donors (Lipinski definition) is 0. The molecule has 0 aliphatic rings. The summed E-state index contributed by atoms with van der Waals surface area (Å²) in [6.45, 7) is 7.51. The van der Waals surface area contributed by atoms with E-state index in [-0.39, 0.29) is 25.2 Å². The second-order valence-corrected chi connectivity index (χ2v) is 16.3. The first-order valence-electron chi connectivity index (χ1n) is 25.4. The topological polar surface area (TPSA) is 61.8 Å². The molecule has 62 heavy (non-hydrogen) atoms. The Labute approximate surface area is 383 Å². The van der Waals surface area contributed by atoms with Crippen LogP contribution in [-0.2, 0) is 23.8 Å². The van der Waals surface area contributed by atoms with E-state index in [4.69, 9.17) is 14.2 Å². The Morgan fingerprint density at radius 1 is 0.371 bits per heavy atom. The average molecular weight is 859 g/mol. The lowest BCUT2D eigenvalue weighted by Gasteiger charge is -2.18. The number of unbranched alkanes of at least 4 members (excludes halogenated alkanes) is 16. The van der Waals surface area contributed by atoms with Crippen molar-refractivity contribution in [3.63, 3.8) is 0 Å². The third kappa shape index (κ3) is 49.2. The zero-order valence-electron chi connectivity index (χ0n) is 40.3. The van der Waals surface area contributed by atoms with Gasteiger partial charge in [0.15, 0.2) is 6.10 Å². The molecule has 0 spiro atoms. The van der Waals surface area contributed by atoms with E-state index in [1.54, 1.807) is 0 Å². The Balaban J connectivity index is 4.42. The van der Waals surface area contributed by atoms with Crippen molar-refractivity contribution < 1.29 is 23.8 Å². The van der Waals surface area contributed by atoms with E-state index in [2.05, 4.69) is 124 Å². The largest absolute Gasteiger partial charge is 0.462 e. The lowest BCUT2D eigenvalue weighted by molar-refractivity contribution is -0.162. The summed E-state index contributed by atoms with van der Waals surface area (Å²) in [5.41, 5.74) is 0. The lowest BCUT2D eigenvalue weighted by atomic mass is 10.1. The third-order valence-electron chi connectivity index (χ3n) is 10.3. The van der Waals surface area contributed by atoms with Crippen molar-refractivity contribution in [2.45, 2.75) is 219 Å². The molecule has 0 fully saturated rings. The summed E-state index contributed by atoms with van der Waals surface area (Å²) in [6, 6.07) is 0. The number of rotatable bonds is 45. The number of ether oxygens (including phenoxy) is 3. The molecule has 0 saturated carbocycles. The Morgan fingerprint density at radius 2 is 0.790 bits per heavy atom. The minimum absolute atomic E-state index is 0.0317. The molecule has 0 aromatic heterocycles. The molecule has 0 aromatic carbocycles. The molecule has 1 atom stereocenters. The number of carbonyl (C=O) groups excluding carboxylic acids is 2. The van der Waals surface area contributed by atoms with Gasteiger partial charge in [0.1, 0.15) is 6.61 Å².